The topological polar surface area (TPSA) is 32.5 Å². The van der Waals surface area contributed by atoms with Gasteiger partial charge >= 0.3 is 0 Å². The second-order valence-corrected chi connectivity index (χ2v) is 5.78. The molecule has 0 aromatic heterocycles. The maximum absolute atomic E-state index is 13.4. The van der Waals surface area contributed by atoms with Gasteiger partial charge in [-0.05, 0) is 50.7 Å². The van der Waals surface area contributed by atoms with Crippen LogP contribution in [0.3, 0.4) is 0 Å². The molecule has 112 valence electrons. The highest BCUT2D eigenvalue weighted by Crippen LogP contribution is 2.23. The molecular formula is C15H23F2N3. The van der Waals surface area contributed by atoms with E-state index in [1.165, 1.54) is 18.6 Å². The van der Waals surface area contributed by atoms with Crippen molar-refractivity contribution in [2.45, 2.75) is 12.5 Å². The number of hydrogen-bond acceptors (Lipinski definition) is 3. The third-order valence-electron chi connectivity index (χ3n) is 4.12. The predicted octanol–water partition coefficient (Wildman–Crippen LogP) is 1.85. The first kappa shape index (κ1) is 15.4. The molecule has 2 N–H and O–H groups in total. The van der Waals surface area contributed by atoms with Crippen molar-refractivity contribution in [1.82, 2.24) is 9.80 Å². The molecule has 1 fully saturated rings. The zero-order valence-electron chi connectivity index (χ0n) is 12.1. The van der Waals surface area contributed by atoms with Gasteiger partial charge in [-0.25, -0.2) is 8.78 Å². The van der Waals surface area contributed by atoms with Gasteiger partial charge in [0.1, 0.15) is 0 Å². The molecule has 1 aliphatic heterocycles. The highest BCUT2D eigenvalue weighted by atomic mass is 19.2. The number of nitrogens with zero attached hydrogens (tertiary/aromatic N) is 2. The summed E-state index contributed by atoms with van der Waals surface area (Å²) >= 11 is 0. The quantitative estimate of drug-likeness (QED) is 0.895. The van der Waals surface area contributed by atoms with E-state index in [-0.39, 0.29) is 6.04 Å². The molecule has 2 rings (SSSR count). The van der Waals surface area contributed by atoms with Crippen LogP contribution < -0.4 is 5.73 Å². The van der Waals surface area contributed by atoms with Crippen molar-refractivity contribution in [2.75, 3.05) is 40.3 Å². The molecule has 20 heavy (non-hydrogen) atoms. The molecule has 3 nitrogen and oxygen atoms in total. The maximum atomic E-state index is 13.4. The number of nitrogens with two attached hydrogens (primary N) is 1. The van der Waals surface area contributed by atoms with Gasteiger partial charge in [-0.1, -0.05) is 6.07 Å². The standard InChI is InChI=1S/C15H23F2N3/c1-19-6-5-11(9-19)10-20(2)15(8-18)12-3-4-13(16)14(17)7-12/h3-4,7,11,15H,5-6,8-10,18H2,1-2H3. The third-order valence-corrected chi connectivity index (χ3v) is 4.12. The van der Waals surface area contributed by atoms with Gasteiger partial charge in [-0.15, -0.1) is 0 Å². The van der Waals surface area contributed by atoms with Crippen LogP contribution in [0.2, 0.25) is 0 Å². The number of likely N-dealkylation sites (N-methyl/N-ethyl adjacent to an activating group) is 1. The molecule has 0 saturated carbocycles. The van der Waals surface area contributed by atoms with E-state index in [0.717, 1.165) is 25.2 Å². The average Bonchev–Trinajstić information content (AvgIpc) is 2.80. The molecule has 1 heterocycles. The first-order chi connectivity index (χ1) is 9.51. The number of likely N-dealkylation sites (tertiary alicyclic amines) is 1. The molecule has 2 atom stereocenters. The number of halogens is 2. The fourth-order valence-corrected chi connectivity index (χ4v) is 3.00. The second kappa shape index (κ2) is 6.61. The Morgan fingerprint density at radius 3 is 2.70 bits per heavy atom. The lowest BCUT2D eigenvalue weighted by molar-refractivity contribution is 0.211. The van der Waals surface area contributed by atoms with Gasteiger partial charge in [0.15, 0.2) is 11.6 Å². The summed E-state index contributed by atoms with van der Waals surface area (Å²) in [5.74, 6) is -1.01. The van der Waals surface area contributed by atoms with Gasteiger partial charge in [0.05, 0.1) is 0 Å². The minimum Gasteiger partial charge on any atom is -0.329 e. The van der Waals surface area contributed by atoms with Crippen molar-refractivity contribution in [3.05, 3.63) is 35.4 Å². The fraction of sp³-hybridized carbons (Fsp3) is 0.600. The SMILES string of the molecule is CN1CCC(CN(C)C(CN)c2ccc(F)c(F)c2)C1. The van der Waals surface area contributed by atoms with Gasteiger partial charge < -0.3 is 10.6 Å². The highest BCUT2D eigenvalue weighted by molar-refractivity contribution is 5.21. The summed E-state index contributed by atoms with van der Waals surface area (Å²) in [6, 6.07) is 3.97. The summed E-state index contributed by atoms with van der Waals surface area (Å²) in [5, 5.41) is 0. The molecule has 0 spiro atoms. The summed E-state index contributed by atoms with van der Waals surface area (Å²) in [6.45, 7) is 3.52. The summed E-state index contributed by atoms with van der Waals surface area (Å²) in [6.07, 6.45) is 1.18. The minimum atomic E-state index is -0.815. The van der Waals surface area contributed by atoms with Crippen LogP contribution in [0, 0.1) is 17.6 Å². The van der Waals surface area contributed by atoms with E-state index < -0.39 is 11.6 Å². The van der Waals surface area contributed by atoms with Crippen molar-refractivity contribution >= 4 is 0 Å². The Hall–Kier alpha value is -1.04. The van der Waals surface area contributed by atoms with Crippen LogP contribution in [0.4, 0.5) is 8.78 Å². The van der Waals surface area contributed by atoms with Crippen LogP contribution in [-0.2, 0) is 0 Å². The molecule has 0 aliphatic carbocycles. The smallest absolute Gasteiger partial charge is 0.159 e. The van der Waals surface area contributed by atoms with E-state index in [0.29, 0.717) is 12.5 Å². The molecule has 0 bridgehead atoms. The van der Waals surface area contributed by atoms with Crippen LogP contribution >= 0.6 is 0 Å². The summed E-state index contributed by atoms with van der Waals surface area (Å²) < 4.78 is 26.4. The number of rotatable bonds is 5. The molecule has 1 aromatic carbocycles. The Labute approximate surface area is 119 Å². The first-order valence-electron chi connectivity index (χ1n) is 7.05. The molecular weight excluding hydrogens is 260 g/mol. The van der Waals surface area contributed by atoms with Crippen molar-refractivity contribution in [3.63, 3.8) is 0 Å². The molecule has 2 unspecified atom stereocenters. The molecule has 1 saturated heterocycles. The van der Waals surface area contributed by atoms with E-state index in [1.807, 2.05) is 7.05 Å². The lowest BCUT2D eigenvalue weighted by Crippen LogP contribution is -2.35. The number of benzene rings is 1. The van der Waals surface area contributed by atoms with Gasteiger partial charge in [0, 0.05) is 25.7 Å². The predicted molar refractivity (Wildman–Crippen MR) is 76.4 cm³/mol. The van der Waals surface area contributed by atoms with E-state index in [9.17, 15) is 8.78 Å². The van der Waals surface area contributed by atoms with Crippen LogP contribution in [0.5, 0.6) is 0 Å². The van der Waals surface area contributed by atoms with Crippen LogP contribution in [-0.4, -0.2) is 50.1 Å². The van der Waals surface area contributed by atoms with E-state index in [4.69, 9.17) is 5.73 Å². The van der Waals surface area contributed by atoms with E-state index in [2.05, 4.69) is 16.8 Å². The normalized spacial score (nSPS) is 21.6. The zero-order chi connectivity index (χ0) is 14.7. The zero-order valence-corrected chi connectivity index (χ0v) is 12.1. The molecule has 0 radical (unpaired) electrons. The largest absolute Gasteiger partial charge is 0.329 e. The Bertz CT molecular complexity index is 453. The van der Waals surface area contributed by atoms with Crippen LogP contribution in [0.1, 0.15) is 18.0 Å². The van der Waals surface area contributed by atoms with Crippen LogP contribution in [0.25, 0.3) is 0 Å². The molecule has 0 amide bonds. The van der Waals surface area contributed by atoms with Gasteiger partial charge in [0.2, 0.25) is 0 Å². The Morgan fingerprint density at radius 2 is 2.15 bits per heavy atom. The van der Waals surface area contributed by atoms with Crippen molar-refractivity contribution in [3.8, 4) is 0 Å². The monoisotopic (exact) mass is 283 g/mol. The lowest BCUT2D eigenvalue weighted by Gasteiger charge is -2.29. The summed E-state index contributed by atoms with van der Waals surface area (Å²) in [5.41, 5.74) is 6.56. The summed E-state index contributed by atoms with van der Waals surface area (Å²) in [7, 11) is 4.12. The van der Waals surface area contributed by atoms with Crippen molar-refractivity contribution < 1.29 is 8.78 Å². The van der Waals surface area contributed by atoms with Gasteiger partial charge in [-0.3, -0.25) is 4.90 Å². The molecule has 5 heteroatoms. The Morgan fingerprint density at radius 1 is 1.40 bits per heavy atom. The highest BCUT2D eigenvalue weighted by Gasteiger charge is 2.24. The number of hydrogen-bond donors (Lipinski definition) is 1. The summed E-state index contributed by atoms with van der Waals surface area (Å²) in [4.78, 5) is 4.46. The fourth-order valence-electron chi connectivity index (χ4n) is 3.00. The van der Waals surface area contributed by atoms with Crippen molar-refractivity contribution in [1.29, 1.82) is 0 Å². The second-order valence-electron chi connectivity index (χ2n) is 5.78. The van der Waals surface area contributed by atoms with Gasteiger partial charge in [-0.2, -0.15) is 0 Å². The van der Waals surface area contributed by atoms with Crippen LogP contribution in [0.15, 0.2) is 18.2 Å². The molecule has 1 aromatic rings. The van der Waals surface area contributed by atoms with Gasteiger partial charge in [0.25, 0.3) is 0 Å². The van der Waals surface area contributed by atoms with Crippen molar-refractivity contribution in [2.24, 2.45) is 11.7 Å². The third kappa shape index (κ3) is 3.53. The molecule has 1 aliphatic rings. The minimum absolute atomic E-state index is 0.0731. The Kier molecular flexibility index (Phi) is 5.07. The Balaban J connectivity index is 2.04. The average molecular weight is 283 g/mol. The lowest BCUT2D eigenvalue weighted by atomic mass is 10.0. The van der Waals surface area contributed by atoms with E-state index in [1.54, 1.807) is 6.07 Å². The first-order valence-corrected chi connectivity index (χ1v) is 7.05. The maximum Gasteiger partial charge on any atom is 0.159 e. The van der Waals surface area contributed by atoms with E-state index >= 15 is 0 Å².